The van der Waals surface area contributed by atoms with Gasteiger partial charge in [-0.05, 0) is 45.7 Å². The maximum absolute atomic E-state index is 10.3. The van der Waals surface area contributed by atoms with Crippen molar-refractivity contribution in [1.82, 2.24) is 0 Å². The van der Waals surface area contributed by atoms with Gasteiger partial charge in [-0.2, -0.15) is 0 Å². The van der Waals surface area contributed by atoms with Gasteiger partial charge >= 0.3 is 7.82 Å². The van der Waals surface area contributed by atoms with Gasteiger partial charge in [0, 0.05) is 15.1 Å². The Morgan fingerprint density at radius 1 is 0.788 bits per heavy atom. The molecule has 0 aromatic heterocycles. The topological polar surface area (TPSA) is 150 Å². The zero-order valence-electron chi connectivity index (χ0n) is 18.4. The van der Waals surface area contributed by atoms with Crippen molar-refractivity contribution in [3.8, 4) is 5.75 Å². The van der Waals surface area contributed by atoms with E-state index in [1.165, 1.54) is 50.5 Å². The number of aryl methyl sites for hydroxylation is 1. The van der Waals surface area contributed by atoms with E-state index in [0.29, 0.717) is 18.3 Å². The van der Waals surface area contributed by atoms with Crippen LogP contribution in [0.5, 0.6) is 5.75 Å². The third-order valence-corrected chi connectivity index (χ3v) is 4.36. The van der Waals surface area contributed by atoms with E-state index in [0.717, 1.165) is 6.42 Å². The second-order valence-electron chi connectivity index (χ2n) is 6.56. The Bertz CT molecular complexity index is 650. The van der Waals surface area contributed by atoms with Crippen molar-refractivity contribution in [3.63, 3.8) is 0 Å². The predicted molar refractivity (Wildman–Crippen MR) is 109 cm³/mol. The number of rotatable bonds is 22. The summed E-state index contributed by atoms with van der Waals surface area (Å²) >= 11 is 0. The number of hydrogen-bond donors (Lipinski definition) is 2. The summed E-state index contributed by atoms with van der Waals surface area (Å²) in [4.78, 5) is 25.3. The minimum Gasteiger partial charge on any atom is -0.491 e. The molecule has 1 aromatic rings. The van der Waals surface area contributed by atoms with Crippen LogP contribution in [0.25, 0.3) is 0 Å². The molecule has 0 aliphatic carbocycles. The third kappa shape index (κ3) is 19.4. The first-order chi connectivity index (χ1) is 16.0. The molecule has 0 bridgehead atoms. The fraction of sp³-hybridized carbons (Fsp3) is 0.579. The molecule has 0 aliphatic rings. The van der Waals surface area contributed by atoms with E-state index in [-0.39, 0.29) is 13.2 Å². The summed E-state index contributed by atoms with van der Waals surface area (Å²) in [6.45, 7) is 2.44. The van der Waals surface area contributed by atoms with Crippen molar-refractivity contribution in [2.24, 2.45) is 0 Å². The lowest BCUT2D eigenvalue weighted by molar-refractivity contribution is -0.811. The molecule has 0 heterocycles. The lowest BCUT2D eigenvalue weighted by Gasteiger charge is -2.07. The number of unbranched alkanes of at least 4 members (excludes halogenated alkanes) is 6. The number of phosphoric acid groups is 1. The van der Waals surface area contributed by atoms with Crippen LogP contribution in [-0.4, -0.2) is 23.0 Å². The molecule has 0 fully saturated rings. The van der Waals surface area contributed by atoms with Gasteiger partial charge in [0.15, 0.2) is 6.26 Å². The first kappa shape index (κ1) is 29.3. The summed E-state index contributed by atoms with van der Waals surface area (Å²) < 4.78 is 19.6. The van der Waals surface area contributed by atoms with E-state index in [1.807, 2.05) is 24.3 Å². The average molecular weight is 498 g/mol. The van der Waals surface area contributed by atoms with Crippen LogP contribution in [0, 0.1) is 0 Å². The molecule has 0 amide bonds. The normalized spacial score (nSPS) is 11.7. The number of ether oxygens (including phenoxy) is 1. The van der Waals surface area contributed by atoms with Crippen LogP contribution in [0.15, 0.2) is 36.8 Å². The summed E-state index contributed by atoms with van der Waals surface area (Å²) in [6.07, 6.45) is 11.2. The van der Waals surface area contributed by atoms with Crippen molar-refractivity contribution < 1.29 is 63.6 Å². The number of benzene rings is 1. The zero-order valence-corrected chi connectivity index (χ0v) is 19.3. The van der Waals surface area contributed by atoms with Crippen molar-refractivity contribution in [1.29, 1.82) is 0 Å². The van der Waals surface area contributed by atoms with E-state index in [1.54, 1.807) is 0 Å². The van der Waals surface area contributed by atoms with Crippen molar-refractivity contribution in [2.45, 2.75) is 58.3 Å². The van der Waals surface area contributed by atoms with E-state index in [2.05, 4.69) is 51.5 Å². The molecule has 0 saturated carbocycles. The Labute approximate surface area is 191 Å². The quantitative estimate of drug-likeness (QED) is 0.0761. The second-order valence-corrected chi connectivity index (χ2v) is 7.75. The highest BCUT2D eigenvalue weighted by molar-refractivity contribution is 7.46. The molecule has 190 valence electrons. The molecule has 0 radical (unpaired) electrons. The van der Waals surface area contributed by atoms with Gasteiger partial charge in [-0.1, -0.05) is 57.6 Å². The average Bonchev–Trinajstić information content (AvgIpc) is 2.79. The highest BCUT2D eigenvalue weighted by atomic mass is 31.2. The van der Waals surface area contributed by atoms with E-state index in [4.69, 9.17) is 14.5 Å². The molecule has 1 rings (SSSR count). The number of hydrogen-bond acceptors (Lipinski definition) is 11. The lowest BCUT2D eigenvalue weighted by Crippen LogP contribution is -2.08. The van der Waals surface area contributed by atoms with Crippen molar-refractivity contribution >= 4 is 7.82 Å². The smallest absolute Gasteiger partial charge is 0.491 e. The molecule has 1 aromatic carbocycles. The van der Waals surface area contributed by atoms with Gasteiger partial charge in [0.1, 0.15) is 25.2 Å². The molecule has 33 heavy (non-hydrogen) atoms. The van der Waals surface area contributed by atoms with Crippen LogP contribution < -0.4 is 4.74 Å². The van der Waals surface area contributed by atoms with Crippen LogP contribution in [0.1, 0.15) is 57.4 Å². The molecule has 0 atom stereocenters. The lowest BCUT2D eigenvalue weighted by atomic mass is 10.0. The highest BCUT2D eigenvalue weighted by Crippen LogP contribution is 2.35. The molecule has 0 saturated heterocycles. The molecule has 2 N–H and O–H groups in total. The highest BCUT2D eigenvalue weighted by Gasteiger charge is 2.11. The maximum atomic E-state index is 10.3. The molecule has 13 nitrogen and oxygen atoms in total. The molecule has 0 spiro atoms. The van der Waals surface area contributed by atoms with Crippen molar-refractivity contribution in [2.75, 3.05) is 13.2 Å². The van der Waals surface area contributed by atoms with E-state index in [9.17, 15) is 4.57 Å². The second kappa shape index (κ2) is 19.7. The van der Waals surface area contributed by atoms with Crippen LogP contribution >= 0.6 is 7.82 Å². The molecular formula is C19H31O13P. The van der Waals surface area contributed by atoms with Gasteiger partial charge in [0.25, 0.3) is 0 Å². The summed E-state index contributed by atoms with van der Waals surface area (Å²) in [7, 11) is -4.66. The van der Waals surface area contributed by atoms with Crippen molar-refractivity contribution in [3.05, 3.63) is 42.4 Å². The Morgan fingerprint density at radius 2 is 1.42 bits per heavy atom. The van der Waals surface area contributed by atoms with Crippen LogP contribution in [0.4, 0.5) is 0 Å². The van der Waals surface area contributed by atoms with Gasteiger partial charge < -0.3 is 14.1 Å². The van der Waals surface area contributed by atoms with Crippen LogP contribution in [0.2, 0.25) is 0 Å². The number of phosphoric ester groups is 1. The molecule has 0 unspecified atom stereocenters. The maximum Gasteiger partial charge on any atom is 0.524 e. The summed E-state index contributed by atoms with van der Waals surface area (Å²) in [5.74, 6) is 0.702. The van der Waals surface area contributed by atoms with Gasteiger partial charge in [-0.15, -0.1) is 0 Å². The molecule has 0 aliphatic heterocycles. The first-order valence-electron chi connectivity index (χ1n) is 10.4. The minimum atomic E-state index is -4.66. The fourth-order valence-corrected chi connectivity index (χ4v) is 2.70. The zero-order chi connectivity index (χ0) is 24.0. The Balaban J connectivity index is 1.90. The standard InChI is InChI=1S/C19H31O13P/c1-2-3-4-5-6-7-8-9-18-10-12-19(13-11-18)23-14-15-24-27-29-31-32-30-28-25-16-17-26-33(20,21)22/h10-13,16-17H,2-9,14-15H2,1H3,(H2,20,21,22)/b17-16-. The van der Waals surface area contributed by atoms with E-state index < -0.39 is 7.82 Å². The van der Waals surface area contributed by atoms with Gasteiger partial charge in [0.05, 0.1) is 0 Å². The minimum absolute atomic E-state index is 0.0218. The van der Waals surface area contributed by atoms with Gasteiger partial charge in [-0.3, -0.25) is 9.79 Å². The summed E-state index contributed by atoms with van der Waals surface area (Å²) in [5, 5.41) is 23.3. The predicted octanol–water partition coefficient (Wildman–Crippen LogP) is 4.48. The Morgan fingerprint density at radius 3 is 2.12 bits per heavy atom. The Kier molecular flexibility index (Phi) is 17.4. The molecular weight excluding hydrogens is 467 g/mol. The summed E-state index contributed by atoms with van der Waals surface area (Å²) in [5.41, 5.74) is 1.28. The molecule has 14 heteroatoms. The van der Waals surface area contributed by atoms with Gasteiger partial charge in [0.2, 0.25) is 0 Å². The van der Waals surface area contributed by atoms with Crippen LogP contribution in [-0.2, 0) is 55.5 Å². The SMILES string of the molecule is CCCCCCCCCc1ccc(OCCOOOOOOOO/C=C\OP(=O)(O)O)cc1. The third-order valence-electron chi connectivity index (χ3n) is 3.96. The van der Waals surface area contributed by atoms with E-state index >= 15 is 0 Å². The van der Waals surface area contributed by atoms with Crippen LogP contribution in [0.3, 0.4) is 0 Å². The monoisotopic (exact) mass is 498 g/mol. The Hall–Kier alpha value is -1.77. The largest absolute Gasteiger partial charge is 0.524 e. The van der Waals surface area contributed by atoms with Gasteiger partial charge in [-0.25, -0.2) is 9.45 Å². The first-order valence-corrected chi connectivity index (χ1v) is 11.9. The summed E-state index contributed by atoms with van der Waals surface area (Å²) in [6, 6.07) is 7.89. The fourth-order valence-electron chi connectivity index (χ4n) is 2.50.